The van der Waals surface area contributed by atoms with Crippen LogP contribution in [0.1, 0.15) is 37.9 Å². The van der Waals surface area contributed by atoms with Gasteiger partial charge >= 0.3 is 6.03 Å². The lowest BCUT2D eigenvalue weighted by molar-refractivity contribution is -0.121. The fourth-order valence-electron chi connectivity index (χ4n) is 2.04. The van der Waals surface area contributed by atoms with Gasteiger partial charge in [-0.15, -0.1) is 0 Å². The number of carbonyl (C=O) groups is 2. The fraction of sp³-hybridized carbons (Fsp3) is 0.467. The highest BCUT2D eigenvalue weighted by atomic mass is 16.2. The maximum Gasteiger partial charge on any atom is 0.321 e. The highest BCUT2D eigenvalue weighted by Gasteiger charge is 2.18. The molecule has 0 heterocycles. The Hall–Kier alpha value is -1.88. The van der Waals surface area contributed by atoms with Gasteiger partial charge in [-0.3, -0.25) is 15.4 Å². The molecule has 0 radical (unpaired) electrons. The summed E-state index contributed by atoms with van der Waals surface area (Å²) in [6, 6.07) is 7.14. The second-order valence-electron chi connectivity index (χ2n) is 4.82. The summed E-state index contributed by atoms with van der Waals surface area (Å²) in [6.45, 7) is 8.06. The van der Waals surface area contributed by atoms with Gasteiger partial charge in [0.1, 0.15) is 0 Å². The number of nitrogens with one attached hydrogen (secondary N) is 3. The van der Waals surface area contributed by atoms with Crippen molar-refractivity contribution in [3.8, 4) is 0 Å². The number of hydrogen-bond donors (Lipinski definition) is 3. The van der Waals surface area contributed by atoms with Crippen LogP contribution in [0.4, 0.5) is 4.79 Å². The molecule has 0 spiro atoms. The molecule has 0 aliphatic heterocycles. The van der Waals surface area contributed by atoms with Crippen molar-refractivity contribution in [2.75, 3.05) is 6.54 Å². The topological polar surface area (TPSA) is 70.2 Å². The second kappa shape index (κ2) is 7.65. The zero-order valence-corrected chi connectivity index (χ0v) is 12.5. The van der Waals surface area contributed by atoms with Crippen LogP contribution in [0.5, 0.6) is 0 Å². The summed E-state index contributed by atoms with van der Waals surface area (Å²) >= 11 is 0. The molecule has 5 heteroatoms. The van der Waals surface area contributed by atoms with E-state index in [-0.39, 0.29) is 11.9 Å². The smallest absolute Gasteiger partial charge is 0.321 e. The van der Waals surface area contributed by atoms with Crippen LogP contribution in [0.25, 0.3) is 0 Å². The number of benzene rings is 1. The van der Waals surface area contributed by atoms with E-state index in [2.05, 4.69) is 16.0 Å². The number of aryl methyl sites for hydroxylation is 1. The van der Waals surface area contributed by atoms with Crippen molar-refractivity contribution in [3.05, 3.63) is 35.4 Å². The number of imide groups is 1. The van der Waals surface area contributed by atoms with E-state index in [0.717, 1.165) is 5.56 Å². The predicted molar refractivity (Wildman–Crippen MR) is 79.4 cm³/mol. The summed E-state index contributed by atoms with van der Waals surface area (Å²) in [5.74, 6) is -0.337. The molecule has 3 amide bonds. The minimum Gasteiger partial charge on any atom is -0.338 e. The molecule has 0 saturated heterocycles. The van der Waals surface area contributed by atoms with Gasteiger partial charge < -0.3 is 5.32 Å². The molecule has 0 bridgehead atoms. The molecule has 0 aliphatic carbocycles. The first-order valence-corrected chi connectivity index (χ1v) is 6.86. The van der Waals surface area contributed by atoms with Gasteiger partial charge in [0.05, 0.1) is 6.04 Å². The summed E-state index contributed by atoms with van der Waals surface area (Å²) in [4.78, 5) is 23.1. The Bertz CT molecular complexity index is 474. The van der Waals surface area contributed by atoms with Crippen LogP contribution in [-0.2, 0) is 4.79 Å². The number of carbonyl (C=O) groups excluding carboxylic acids is 2. The molecule has 1 aromatic rings. The van der Waals surface area contributed by atoms with Crippen LogP contribution in [0.3, 0.4) is 0 Å². The Labute approximate surface area is 120 Å². The lowest BCUT2D eigenvalue weighted by Gasteiger charge is -2.21. The zero-order valence-electron chi connectivity index (χ0n) is 12.5. The lowest BCUT2D eigenvalue weighted by Crippen LogP contribution is -2.48. The molecular formula is C15H23N3O2. The Morgan fingerprint density at radius 2 is 1.85 bits per heavy atom. The van der Waals surface area contributed by atoms with E-state index in [1.165, 1.54) is 5.56 Å². The SMILES string of the molecule is CCNC(=O)NC(=O)C(C)NC(C)c1ccccc1C. The minimum absolute atomic E-state index is 0.0335. The van der Waals surface area contributed by atoms with Crippen LogP contribution >= 0.6 is 0 Å². The lowest BCUT2D eigenvalue weighted by atomic mass is 10.0. The molecule has 2 atom stereocenters. The maximum absolute atomic E-state index is 11.8. The molecule has 5 nitrogen and oxygen atoms in total. The average molecular weight is 277 g/mol. The molecule has 1 rings (SSSR count). The van der Waals surface area contributed by atoms with E-state index < -0.39 is 12.1 Å². The number of urea groups is 1. The molecule has 0 aliphatic rings. The van der Waals surface area contributed by atoms with Gasteiger partial charge in [-0.25, -0.2) is 4.79 Å². The predicted octanol–water partition coefficient (Wildman–Crippen LogP) is 1.88. The van der Waals surface area contributed by atoms with E-state index in [0.29, 0.717) is 6.54 Å². The molecule has 110 valence electrons. The number of rotatable bonds is 5. The highest BCUT2D eigenvalue weighted by Crippen LogP contribution is 2.17. The number of amides is 3. The standard InChI is InChI=1S/C15H23N3O2/c1-5-16-15(20)18-14(19)12(4)17-11(3)13-9-7-6-8-10(13)2/h6-9,11-12,17H,5H2,1-4H3,(H2,16,18,19,20). The highest BCUT2D eigenvalue weighted by molar-refractivity contribution is 5.96. The van der Waals surface area contributed by atoms with Gasteiger partial charge in [0.2, 0.25) is 5.91 Å². The van der Waals surface area contributed by atoms with Gasteiger partial charge in [0.25, 0.3) is 0 Å². The Morgan fingerprint density at radius 3 is 2.45 bits per heavy atom. The van der Waals surface area contributed by atoms with Crippen LogP contribution < -0.4 is 16.0 Å². The zero-order chi connectivity index (χ0) is 15.1. The van der Waals surface area contributed by atoms with Crippen LogP contribution in [-0.4, -0.2) is 24.5 Å². The molecule has 0 saturated carbocycles. The summed E-state index contributed by atoms with van der Waals surface area (Å²) < 4.78 is 0. The second-order valence-corrected chi connectivity index (χ2v) is 4.82. The number of hydrogen-bond acceptors (Lipinski definition) is 3. The van der Waals surface area contributed by atoms with Crippen molar-refractivity contribution in [1.82, 2.24) is 16.0 Å². The third-order valence-corrected chi connectivity index (χ3v) is 3.12. The van der Waals surface area contributed by atoms with Crippen LogP contribution in [0, 0.1) is 6.92 Å². The van der Waals surface area contributed by atoms with Crippen molar-refractivity contribution in [1.29, 1.82) is 0 Å². The Morgan fingerprint density at radius 1 is 1.20 bits per heavy atom. The summed E-state index contributed by atoms with van der Waals surface area (Å²) in [7, 11) is 0. The first-order chi connectivity index (χ1) is 9.45. The van der Waals surface area contributed by atoms with Gasteiger partial charge in [-0.1, -0.05) is 24.3 Å². The molecule has 20 heavy (non-hydrogen) atoms. The minimum atomic E-state index is -0.463. The normalized spacial score (nSPS) is 13.4. The molecule has 3 N–H and O–H groups in total. The molecular weight excluding hydrogens is 254 g/mol. The molecule has 0 fully saturated rings. The Kier molecular flexibility index (Phi) is 6.18. The molecule has 0 aromatic heterocycles. The largest absolute Gasteiger partial charge is 0.338 e. The van der Waals surface area contributed by atoms with Gasteiger partial charge in [0, 0.05) is 12.6 Å². The van der Waals surface area contributed by atoms with E-state index in [4.69, 9.17) is 0 Å². The average Bonchev–Trinajstić information content (AvgIpc) is 2.39. The summed E-state index contributed by atoms with van der Waals surface area (Å²) in [5.41, 5.74) is 2.31. The van der Waals surface area contributed by atoms with Crippen molar-refractivity contribution >= 4 is 11.9 Å². The molecule has 2 unspecified atom stereocenters. The fourth-order valence-corrected chi connectivity index (χ4v) is 2.04. The van der Waals surface area contributed by atoms with E-state index in [9.17, 15) is 9.59 Å². The van der Waals surface area contributed by atoms with Crippen molar-refractivity contribution in [2.45, 2.75) is 39.8 Å². The van der Waals surface area contributed by atoms with Gasteiger partial charge in [-0.2, -0.15) is 0 Å². The van der Waals surface area contributed by atoms with Crippen molar-refractivity contribution in [3.63, 3.8) is 0 Å². The van der Waals surface area contributed by atoms with E-state index in [1.807, 2.05) is 38.1 Å². The summed E-state index contributed by atoms with van der Waals surface area (Å²) in [6.07, 6.45) is 0. The van der Waals surface area contributed by atoms with Crippen molar-refractivity contribution in [2.24, 2.45) is 0 Å². The van der Waals surface area contributed by atoms with Gasteiger partial charge in [0.15, 0.2) is 0 Å². The maximum atomic E-state index is 11.8. The third kappa shape index (κ3) is 4.66. The first kappa shape index (κ1) is 16.2. The van der Waals surface area contributed by atoms with E-state index >= 15 is 0 Å². The van der Waals surface area contributed by atoms with Gasteiger partial charge in [-0.05, 0) is 38.8 Å². The van der Waals surface area contributed by atoms with Crippen LogP contribution in [0.15, 0.2) is 24.3 Å². The molecule has 1 aromatic carbocycles. The van der Waals surface area contributed by atoms with Crippen molar-refractivity contribution < 1.29 is 9.59 Å². The summed E-state index contributed by atoms with van der Waals surface area (Å²) in [5, 5.41) is 8.02. The van der Waals surface area contributed by atoms with Crippen LogP contribution in [0.2, 0.25) is 0 Å². The first-order valence-electron chi connectivity index (χ1n) is 6.86. The quantitative estimate of drug-likeness (QED) is 0.769. The Balaban J connectivity index is 2.57. The van der Waals surface area contributed by atoms with E-state index in [1.54, 1.807) is 13.8 Å². The third-order valence-electron chi connectivity index (χ3n) is 3.12. The monoisotopic (exact) mass is 277 g/mol.